The number of nitrogens with zero attached hydrogens (tertiary/aromatic N) is 4. The number of aromatic nitrogens is 3. The van der Waals surface area contributed by atoms with Crippen LogP contribution in [0.2, 0.25) is 0 Å². The SMILES string of the molecule is COc1ccccc1CNC(=O)[C@H]1CCCN(c2cnc3nccnc3c2)C1. The van der Waals surface area contributed by atoms with Crippen LogP contribution in [0.15, 0.2) is 48.9 Å². The molecule has 1 atom stereocenters. The maximum atomic E-state index is 12.7. The fourth-order valence-electron chi connectivity index (χ4n) is 3.62. The van der Waals surface area contributed by atoms with Crippen molar-refractivity contribution < 1.29 is 9.53 Å². The summed E-state index contributed by atoms with van der Waals surface area (Å²) in [5.74, 6) is 0.807. The van der Waals surface area contributed by atoms with Gasteiger partial charge >= 0.3 is 0 Å². The van der Waals surface area contributed by atoms with Crippen LogP contribution in [0.4, 0.5) is 5.69 Å². The summed E-state index contributed by atoms with van der Waals surface area (Å²) >= 11 is 0. The minimum absolute atomic E-state index is 0.0546. The highest BCUT2D eigenvalue weighted by molar-refractivity contribution is 5.80. The Balaban J connectivity index is 1.42. The van der Waals surface area contributed by atoms with Crippen LogP contribution in [-0.2, 0) is 11.3 Å². The van der Waals surface area contributed by atoms with E-state index in [1.54, 1.807) is 19.5 Å². The largest absolute Gasteiger partial charge is 0.496 e. The lowest BCUT2D eigenvalue weighted by Gasteiger charge is -2.33. The van der Waals surface area contributed by atoms with Crippen molar-refractivity contribution in [1.82, 2.24) is 20.3 Å². The van der Waals surface area contributed by atoms with E-state index in [4.69, 9.17) is 4.74 Å². The Kier molecular flexibility index (Phi) is 5.32. The van der Waals surface area contributed by atoms with Crippen LogP contribution < -0.4 is 15.0 Å². The first-order chi connectivity index (χ1) is 13.7. The van der Waals surface area contributed by atoms with E-state index in [1.807, 2.05) is 36.5 Å². The Bertz CT molecular complexity index is 978. The Morgan fingerprint density at radius 2 is 2.11 bits per heavy atom. The summed E-state index contributed by atoms with van der Waals surface area (Å²) in [5.41, 5.74) is 3.36. The molecular formula is C21H23N5O2. The minimum Gasteiger partial charge on any atom is -0.496 e. The number of carbonyl (C=O) groups is 1. The van der Waals surface area contributed by atoms with Crippen molar-refractivity contribution >= 4 is 22.8 Å². The van der Waals surface area contributed by atoms with Gasteiger partial charge in [-0.15, -0.1) is 0 Å². The molecule has 4 rings (SSSR count). The number of fused-ring (bicyclic) bond motifs is 1. The highest BCUT2D eigenvalue weighted by atomic mass is 16.5. The van der Waals surface area contributed by atoms with Crippen LogP contribution in [-0.4, -0.2) is 41.1 Å². The monoisotopic (exact) mass is 377 g/mol. The molecule has 0 bridgehead atoms. The van der Waals surface area contributed by atoms with Gasteiger partial charge in [-0.1, -0.05) is 18.2 Å². The smallest absolute Gasteiger partial charge is 0.225 e. The second kappa shape index (κ2) is 8.21. The number of hydrogen-bond acceptors (Lipinski definition) is 6. The molecule has 1 saturated heterocycles. The number of ether oxygens (including phenoxy) is 1. The van der Waals surface area contributed by atoms with E-state index in [0.29, 0.717) is 18.7 Å². The number of nitrogens with one attached hydrogen (secondary N) is 1. The van der Waals surface area contributed by atoms with Gasteiger partial charge < -0.3 is 15.0 Å². The number of amides is 1. The molecule has 1 N–H and O–H groups in total. The van der Waals surface area contributed by atoms with Crippen molar-refractivity contribution in [3.63, 3.8) is 0 Å². The zero-order valence-corrected chi connectivity index (χ0v) is 15.8. The van der Waals surface area contributed by atoms with Gasteiger partial charge in [-0.2, -0.15) is 0 Å². The molecule has 1 fully saturated rings. The highest BCUT2D eigenvalue weighted by Crippen LogP contribution is 2.25. The lowest BCUT2D eigenvalue weighted by atomic mass is 9.96. The van der Waals surface area contributed by atoms with Gasteiger partial charge in [0, 0.05) is 37.6 Å². The van der Waals surface area contributed by atoms with Crippen molar-refractivity contribution in [2.45, 2.75) is 19.4 Å². The maximum absolute atomic E-state index is 12.7. The number of para-hydroxylation sites is 1. The molecule has 7 nitrogen and oxygen atoms in total. The van der Waals surface area contributed by atoms with Crippen LogP contribution in [0.25, 0.3) is 11.2 Å². The maximum Gasteiger partial charge on any atom is 0.225 e. The van der Waals surface area contributed by atoms with E-state index >= 15 is 0 Å². The summed E-state index contributed by atoms with van der Waals surface area (Å²) < 4.78 is 5.36. The van der Waals surface area contributed by atoms with Gasteiger partial charge in [-0.3, -0.25) is 9.78 Å². The second-order valence-electron chi connectivity index (χ2n) is 6.91. The van der Waals surface area contributed by atoms with Gasteiger partial charge in [0.2, 0.25) is 5.91 Å². The third-order valence-corrected chi connectivity index (χ3v) is 5.11. The van der Waals surface area contributed by atoms with Crippen molar-refractivity contribution in [3.05, 3.63) is 54.5 Å². The molecule has 0 aliphatic carbocycles. The summed E-state index contributed by atoms with van der Waals surface area (Å²) in [7, 11) is 1.64. The average molecular weight is 377 g/mol. The predicted molar refractivity (Wildman–Crippen MR) is 107 cm³/mol. The molecule has 3 heterocycles. The zero-order chi connectivity index (χ0) is 19.3. The molecule has 2 aromatic heterocycles. The number of rotatable bonds is 5. The van der Waals surface area contributed by atoms with E-state index in [0.717, 1.165) is 41.9 Å². The van der Waals surface area contributed by atoms with Crippen molar-refractivity contribution in [1.29, 1.82) is 0 Å². The number of anilines is 1. The second-order valence-corrected chi connectivity index (χ2v) is 6.91. The predicted octanol–water partition coefficient (Wildman–Crippen LogP) is 2.57. The Morgan fingerprint density at radius 1 is 1.25 bits per heavy atom. The van der Waals surface area contributed by atoms with Crippen LogP contribution in [0.3, 0.4) is 0 Å². The van der Waals surface area contributed by atoms with Crippen LogP contribution >= 0.6 is 0 Å². The fraction of sp³-hybridized carbons (Fsp3) is 0.333. The first-order valence-electron chi connectivity index (χ1n) is 9.46. The van der Waals surface area contributed by atoms with Gasteiger partial charge in [0.15, 0.2) is 5.65 Å². The minimum atomic E-state index is -0.0546. The summed E-state index contributed by atoms with van der Waals surface area (Å²) in [5, 5.41) is 3.06. The van der Waals surface area contributed by atoms with E-state index in [2.05, 4.69) is 25.2 Å². The van der Waals surface area contributed by atoms with Crippen LogP contribution in [0.5, 0.6) is 5.75 Å². The van der Waals surface area contributed by atoms with Crippen LogP contribution in [0.1, 0.15) is 18.4 Å². The number of hydrogen-bond donors (Lipinski definition) is 1. The molecule has 7 heteroatoms. The van der Waals surface area contributed by atoms with Crippen molar-refractivity contribution in [2.24, 2.45) is 5.92 Å². The molecule has 0 spiro atoms. The zero-order valence-electron chi connectivity index (χ0n) is 15.8. The molecule has 144 valence electrons. The molecule has 0 unspecified atom stereocenters. The molecule has 3 aromatic rings. The van der Waals surface area contributed by atoms with E-state index in [9.17, 15) is 4.79 Å². The molecule has 1 aliphatic rings. The van der Waals surface area contributed by atoms with Crippen molar-refractivity contribution in [2.75, 3.05) is 25.1 Å². The molecule has 0 saturated carbocycles. The molecular weight excluding hydrogens is 354 g/mol. The lowest BCUT2D eigenvalue weighted by molar-refractivity contribution is -0.125. The van der Waals surface area contributed by atoms with Gasteiger partial charge in [0.25, 0.3) is 0 Å². The van der Waals surface area contributed by atoms with Crippen molar-refractivity contribution in [3.8, 4) is 5.75 Å². The molecule has 1 aliphatic heterocycles. The number of methoxy groups -OCH3 is 1. The first kappa shape index (κ1) is 18.2. The summed E-state index contributed by atoms with van der Waals surface area (Å²) in [6.07, 6.45) is 6.96. The van der Waals surface area contributed by atoms with Gasteiger partial charge in [-0.25, -0.2) is 9.97 Å². The molecule has 0 radical (unpaired) electrons. The summed E-state index contributed by atoms with van der Waals surface area (Å²) in [6, 6.07) is 9.73. The third-order valence-electron chi connectivity index (χ3n) is 5.11. The first-order valence-corrected chi connectivity index (χ1v) is 9.46. The van der Waals surface area contributed by atoms with E-state index < -0.39 is 0 Å². The third kappa shape index (κ3) is 3.88. The van der Waals surface area contributed by atoms with E-state index in [1.165, 1.54) is 0 Å². The normalized spacial score (nSPS) is 16.8. The summed E-state index contributed by atoms with van der Waals surface area (Å²) in [6.45, 7) is 2.04. The highest BCUT2D eigenvalue weighted by Gasteiger charge is 2.26. The average Bonchev–Trinajstić information content (AvgIpc) is 2.77. The van der Waals surface area contributed by atoms with Gasteiger partial charge in [-0.05, 0) is 25.0 Å². The Labute approximate surface area is 163 Å². The van der Waals surface area contributed by atoms with E-state index in [-0.39, 0.29) is 11.8 Å². The van der Waals surface area contributed by atoms with Gasteiger partial charge in [0.1, 0.15) is 11.3 Å². The number of pyridine rings is 1. The molecule has 28 heavy (non-hydrogen) atoms. The Hall–Kier alpha value is -3.22. The lowest BCUT2D eigenvalue weighted by Crippen LogP contribution is -2.43. The standard InChI is InChI=1S/C21H23N5O2/c1-28-19-7-3-2-5-15(19)12-25-21(27)16-6-4-10-26(14-16)17-11-18-20(24-13-17)23-9-8-22-18/h2-3,5,7-9,11,13,16H,4,6,10,12,14H2,1H3,(H,25,27)/t16-/m0/s1. The number of piperidine rings is 1. The summed E-state index contributed by atoms with van der Waals surface area (Å²) in [4.78, 5) is 27.9. The Morgan fingerprint density at radius 3 is 3.00 bits per heavy atom. The number of carbonyl (C=O) groups excluding carboxylic acids is 1. The molecule has 1 amide bonds. The van der Waals surface area contributed by atoms with Gasteiger partial charge in [0.05, 0.1) is 24.9 Å². The van der Waals surface area contributed by atoms with Crippen LogP contribution in [0, 0.1) is 5.92 Å². The fourth-order valence-corrected chi connectivity index (χ4v) is 3.62. The number of benzene rings is 1. The molecule has 1 aromatic carbocycles. The quantitative estimate of drug-likeness (QED) is 0.736. The topological polar surface area (TPSA) is 80.2 Å².